The highest BCUT2D eigenvalue weighted by atomic mass is 79.9. The van der Waals surface area contributed by atoms with Crippen LogP contribution in [0.2, 0.25) is 0 Å². The molecule has 3 atom stereocenters. The predicted molar refractivity (Wildman–Crippen MR) is 80.5 cm³/mol. The fourth-order valence-corrected chi connectivity index (χ4v) is 2.79. The van der Waals surface area contributed by atoms with Gasteiger partial charge in [0.1, 0.15) is 12.1 Å². The van der Waals surface area contributed by atoms with Crippen LogP contribution < -0.4 is 4.90 Å². The van der Waals surface area contributed by atoms with Gasteiger partial charge in [-0.15, -0.1) is 5.73 Å². The number of β-lactam (4-membered cyclic amide) rings is 1. The lowest BCUT2D eigenvalue weighted by atomic mass is 9.88. The van der Waals surface area contributed by atoms with Crippen molar-refractivity contribution in [3.63, 3.8) is 0 Å². The largest absolute Gasteiger partial charge is 0.386 e. The molecule has 1 aromatic carbocycles. The van der Waals surface area contributed by atoms with Crippen LogP contribution in [0.5, 0.6) is 0 Å². The van der Waals surface area contributed by atoms with Gasteiger partial charge in [-0.05, 0) is 40.6 Å². The van der Waals surface area contributed by atoms with Crippen LogP contribution in [0.1, 0.15) is 6.92 Å². The smallest absolute Gasteiger partial charge is 0.258 e. The Morgan fingerprint density at radius 2 is 2.20 bits per heavy atom. The molecule has 1 aromatic rings. The molecular formula is C15H16BrNO3. The van der Waals surface area contributed by atoms with Crippen molar-refractivity contribution in [1.82, 2.24) is 0 Å². The zero-order valence-corrected chi connectivity index (χ0v) is 12.9. The number of hydrogen-bond acceptors (Lipinski definition) is 3. The van der Waals surface area contributed by atoms with Gasteiger partial charge in [0, 0.05) is 11.6 Å². The number of aliphatic hydroxyl groups excluding tert-OH is 1. The molecule has 1 amide bonds. The summed E-state index contributed by atoms with van der Waals surface area (Å²) < 4.78 is 5.98. The molecule has 1 aliphatic rings. The van der Waals surface area contributed by atoms with Crippen molar-refractivity contribution >= 4 is 27.5 Å². The molecule has 1 N–H and O–H groups in total. The van der Waals surface area contributed by atoms with Crippen LogP contribution in [0.15, 0.2) is 46.6 Å². The zero-order valence-electron chi connectivity index (χ0n) is 11.3. The monoisotopic (exact) mass is 337 g/mol. The van der Waals surface area contributed by atoms with Gasteiger partial charge < -0.3 is 9.84 Å². The number of benzene rings is 1. The van der Waals surface area contributed by atoms with E-state index in [1.807, 2.05) is 24.3 Å². The first-order valence-electron chi connectivity index (χ1n) is 6.18. The van der Waals surface area contributed by atoms with E-state index in [9.17, 15) is 9.90 Å². The van der Waals surface area contributed by atoms with Crippen molar-refractivity contribution in [3.05, 3.63) is 46.6 Å². The second-order valence-corrected chi connectivity index (χ2v) is 5.47. The number of halogens is 1. The van der Waals surface area contributed by atoms with E-state index in [0.29, 0.717) is 11.3 Å². The first-order chi connectivity index (χ1) is 9.52. The fourth-order valence-electron chi connectivity index (χ4n) is 2.32. The van der Waals surface area contributed by atoms with Crippen LogP contribution in [0.3, 0.4) is 0 Å². The van der Waals surface area contributed by atoms with E-state index in [2.05, 4.69) is 28.2 Å². The average Bonchev–Trinajstić information content (AvgIpc) is 2.45. The maximum atomic E-state index is 12.2. The molecule has 0 spiro atoms. The number of nitrogens with zero attached hydrogens (tertiary/aromatic N) is 1. The molecule has 1 heterocycles. The highest BCUT2D eigenvalue weighted by Crippen LogP contribution is 2.37. The lowest BCUT2D eigenvalue weighted by Gasteiger charge is -2.48. The zero-order chi connectivity index (χ0) is 14.9. The molecule has 1 fully saturated rings. The Hall–Kier alpha value is -1.39. The van der Waals surface area contributed by atoms with Crippen LogP contribution in [0.4, 0.5) is 5.69 Å². The molecule has 20 heavy (non-hydrogen) atoms. The molecule has 0 saturated carbocycles. The van der Waals surface area contributed by atoms with E-state index >= 15 is 0 Å². The Morgan fingerprint density at radius 1 is 1.55 bits per heavy atom. The number of carbonyl (C=O) groups excluding carboxylic acids is 1. The number of anilines is 1. The van der Waals surface area contributed by atoms with Gasteiger partial charge >= 0.3 is 0 Å². The van der Waals surface area contributed by atoms with Crippen LogP contribution in [-0.4, -0.2) is 36.4 Å². The number of rotatable bonds is 4. The minimum atomic E-state index is -0.859. The standard InChI is InChI=1S/C15H16BrNO3/c1-4-9(2)13(18)12-14(20-3)15(19)17(12)11-8-6-5-7-10(11)16/h5-8,12-14,18H,1H2,2-3H3/t12-,13-,14+/m0/s1. The SMILES string of the molecule is C=C=C(C)[C@H](O)[C@H]1[C@@H](OC)C(=O)N1c1ccccc1Br. The summed E-state index contributed by atoms with van der Waals surface area (Å²) in [5.74, 6) is -0.166. The van der Waals surface area contributed by atoms with Gasteiger partial charge in [0.15, 0.2) is 6.10 Å². The molecule has 4 nitrogen and oxygen atoms in total. The molecule has 0 radical (unpaired) electrons. The Balaban J connectivity index is 2.39. The Labute approximate surface area is 126 Å². The average molecular weight is 338 g/mol. The highest BCUT2D eigenvalue weighted by Gasteiger charge is 2.52. The molecule has 0 bridgehead atoms. The third-order valence-corrected chi connectivity index (χ3v) is 4.17. The van der Waals surface area contributed by atoms with Gasteiger partial charge in [-0.2, -0.15) is 0 Å². The lowest BCUT2D eigenvalue weighted by molar-refractivity contribution is -0.143. The normalized spacial score (nSPS) is 23.0. The third kappa shape index (κ3) is 2.34. The summed E-state index contributed by atoms with van der Waals surface area (Å²) in [5.41, 5.74) is 3.97. The Morgan fingerprint density at radius 3 is 2.75 bits per heavy atom. The molecule has 1 aliphatic heterocycles. The molecule has 106 valence electrons. The van der Waals surface area contributed by atoms with Gasteiger partial charge in [0.25, 0.3) is 5.91 Å². The maximum absolute atomic E-state index is 12.2. The number of methoxy groups -OCH3 is 1. The molecule has 0 aromatic heterocycles. The van der Waals surface area contributed by atoms with Crippen molar-refractivity contribution < 1.29 is 14.6 Å². The molecule has 1 saturated heterocycles. The second-order valence-electron chi connectivity index (χ2n) is 4.61. The molecule has 5 heteroatoms. The van der Waals surface area contributed by atoms with Gasteiger partial charge in [-0.3, -0.25) is 9.69 Å². The van der Waals surface area contributed by atoms with Crippen molar-refractivity contribution in [3.8, 4) is 0 Å². The summed E-state index contributed by atoms with van der Waals surface area (Å²) in [5, 5.41) is 10.4. The van der Waals surface area contributed by atoms with Crippen molar-refractivity contribution in [2.75, 3.05) is 12.0 Å². The first kappa shape index (κ1) is 15.0. The number of hydrogen-bond donors (Lipinski definition) is 1. The van der Waals surface area contributed by atoms with E-state index in [0.717, 1.165) is 4.47 Å². The van der Waals surface area contributed by atoms with Crippen molar-refractivity contribution in [1.29, 1.82) is 0 Å². The van der Waals surface area contributed by atoms with Gasteiger partial charge in [-0.1, -0.05) is 18.7 Å². The van der Waals surface area contributed by atoms with E-state index < -0.39 is 18.2 Å². The number of carbonyl (C=O) groups is 1. The molecule has 0 unspecified atom stereocenters. The molecule has 0 aliphatic carbocycles. The number of para-hydroxylation sites is 1. The predicted octanol–water partition coefficient (Wildman–Crippen LogP) is 2.27. The van der Waals surface area contributed by atoms with E-state index in [4.69, 9.17) is 4.74 Å². The van der Waals surface area contributed by atoms with Crippen molar-refractivity contribution in [2.45, 2.75) is 25.2 Å². The fraction of sp³-hybridized carbons (Fsp3) is 0.333. The summed E-state index contributed by atoms with van der Waals surface area (Å²) in [7, 11) is 1.46. The lowest BCUT2D eigenvalue weighted by Crippen LogP contribution is -2.70. The highest BCUT2D eigenvalue weighted by molar-refractivity contribution is 9.10. The molecule has 2 rings (SSSR count). The second kappa shape index (κ2) is 5.94. The minimum absolute atomic E-state index is 0.166. The number of ether oxygens (including phenoxy) is 1. The van der Waals surface area contributed by atoms with Gasteiger partial charge in [0.05, 0.1) is 5.69 Å². The maximum Gasteiger partial charge on any atom is 0.258 e. The van der Waals surface area contributed by atoms with Crippen LogP contribution in [-0.2, 0) is 9.53 Å². The van der Waals surface area contributed by atoms with Gasteiger partial charge in [0.2, 0.25) is 0 Å². The topological polar surface area (TPSA) is 49.8 Å². The van der Waals surface area contributed by atoms with Crippen LogP contribution in [0.25, 0.3) is 0 Å². The molecular weight excluding hydrogens is 322 g/mol. The van der Waals surface area contributed by atoms with Gasteiger partial charge in [-0.25, -0.2) is 0 Å². The van der Waals surface area contributed by atoms with E-state index in [1.165, 1.54) is 7.11 Å². The summed E-state index contributed by atoms with van der Waals surface area (Å²) in [4.78, 5) is 13.7. The van der Waals surface area contributed by atoms with Crippen LogP contribution in [0, 0.1) is 0 Å². The third-order valence-electron chi connectivity index (χ3n) is 3.50. The van der Waals surface area contributed by atoms with Crippen molar-refractivity contribution in [2.24, 2.45) is 0 Å². The summed E-state index contributed by atoms with van der Waals surface area (Å²) >= 11 is 3.42. The quantitative estimate of drug-likeness (QED) is 0.677. The van der Waals surface area contributed by atoms with E-state index in [1.54, 1.807) is 11.8 Å². The van der Waals surface area contributed by atoms with Crippen LogP contribution >= 0.6 is 15.9 Å². The summed E-state index contributed by atoms with van der Waals surface area (Å²) in [6, 6.07) is 6.91. The summed E-state index contributed by atoms with van der Waals surface area (Å²) in [6.45, 7) is 5.26. The number of aliphatic hydroxyl groups is 1. The Bertz CT molecular complexity index is 580. The minimum Gasteiger partial charge on any atom is -0.386 e. The number of amides is 1. The summed E-state index contributed by atoms with van der Waals surface area (Å²) in [6.07, 6.45) is -1.51. The Kier molecular flexibility index (Phi) is 4.45. The van der Waals surface area contributed by atoms with E-state index in [-0.39, 0.29) is 5.91 Å². The first-order valence-corrected chi connectivity index (χ1v) is 6.97.